The van der Waals surface area contributed by atoms with Crippen LogP contribution in [-0.4, -0.2) is 36.9 Å². The van der Waals surface area contributed by atoms with Crippen molar-refractivity contribution in [1.29, 1.82) is 0 Å². The Morgan fingerprint density at radius 2 is 1.63 bits per heavy atom. The highest BCUT2D eigenvalue weighted by atomic mass is 32.2. The molecule has 0 aliphatic heterocycles. The van der Waals surface area contributed by atoms with Gasteiger partial charge >= 0.3 is 0 Å². The lowest BCUT2D eigenvalue weighted by Crippen LogP contribution is -2.18. The SMILES string of the molecule is CCCOc1ccc(-c2nn(-c3ccccc3)cc2/C=N\NC(=O)c2ccc(NS(=O)(=O)c3ccc(C)cc3)cc2)cc1. The van der Waals surface area contributed by atoms with Crippen molar-refractivity contribution in [3.63, 3.8) is 0 Å². The predicted octanol–water partition coefficient (Wildman–Crippen LogP) is 6.20. The van der Waals surface area contributed by atoms with E-state index in [-0.39, 0.29) is 4.90 Å². The fourth-order valence-electron chi connectivity index (χ4n) is 4.19. The number of sulfonamides is 1. The third kappa shape index (κ3) is 7.35. The zero-order chi connectivity index (χ0) is 30.2. The highest BCUT2D eigenvalue weighted by molar-refractivity contribution is 7.92. The first-order valence-corrected chi connectivity index (χ1v) is 15.2. The van der Waals surface area contributed by atoms with Crippen molar-refractivity contribution in [3.8, 4) is 22.7 Å². The summed E-state index contributed by atoms with van der Waals surface area (Å²) in [6.45, 7) is 4.59. The molecule has 0 atom stereocenters. The molecule has 0 spiro atoms. The van der Waals surface area contributed by atoms with Crippen LogP contribution in [0, 0.1) is 6.92 Å². The molecule has 5 rings (SSSR count). The summed E-state index contributed by atoms with van der Waals surface area (Å²) in [5, 5.41) is 8.96. The molecule has 43 heavy (non-hydrogen) atoms. The van der Waals surface area contributed by atoms with E-state index in [1.807, 2.05) is 67.7 Å². The van der Waals surface area contributed by atoms with E-state index in [2.05, 4.69) is 22.2 Å². The Labute approximate surface area is 250 Å². The van der Waals surface area contributed by atoms with Gasteiger partial charge in [0.05, 0.1) is 23.4 Å². The molecule has 1 aromatic heterocycles. The van der Waals surface area contributed by atoms with Gasteiger partial charge in [0.25, 0.3) is 15.9 Å². The average Bonchev–Trinajstić information content (AvgIpc) is 3.45. The average molecular weight is 594 g/mol. The predicted molar refractivity (Wildman–Crippen MR) is 168 cm³/mol. The molecular weight excluding hydrogens is 562 g/mol. The number of hydrazone groups is 1. The Morgan fingerprint density at radius 3 is 2.30 bits per heavy atom. The van der Waals surface area contributed by atoms with E-state index in [4.69, 9.17) is 9.84 Å². The van der Waals surface area contributed by atoms with Gasteiger partial charge in [-0.15, -0.1) is 0 Å². The number of anilines is 1. The van der Waals surface area contributed by atoms with E-state index in [1.165, 1.54) is 24.3 Å². The van der Waals surface area contributed by atoms with Gasteiger partial charge in [-0.3, -0.25) is 9.52 Å². The molecule has 0 radical (unpaired) electrons. The highest BCUT2D eigenvalue weighted by Crippen LogP contribution is 2.25. The summed E-state index contributed by atoms with van der Waals surface area (Å²) in [6.07, 6.45) is 4.31. The molecule has 2 N–H and O–H groups in total. The Bertz CT molecular complexity index is 1820. The number of amides is 1. The molecule has 9 nitrogen and oxygen atoms in total. The molecule has 0 saturated heterocycles. The van der Waals surface area contributed by atoms with E-state index < -0.39 is 15.9 Å². The Balaban J connectivity index is 1.30. The molecule has 0 unspecified atom stereocenters. The number of nitrogens with one attached hydrogen (secondary N) is 2. The molecule has 0 aliphatic carbocycles. The largest absolute Gasteiger partial charge is 0.494 e. The third-order valence-electron chi connectivity index (χ3n) is 6.46. The number of carbonyl (C=O) groups is 1. The van der Waals surface area contributed by atoms with Gasteiger partial charge in [0.2, 0.25) is 0 Å². The van der Waals surface area contributed by atoms with Gasteiger partial charge in [-0.2, -0.15) is 10.2 Å². The number of aryl methyl sites for hydroxylation is 1. The second-order valence-corrected chi connectivity index (χ2v) is 11.5. The summed E-state index contributed by atoms with van der Waals surface area (Å²) in [7, 11) is -3.75. The van der Waals surface area contributed by atoms with Crippen molar-refractivity contribution >= 4 is 27.8 Å². The van der Waals surface area contributed by atoms with Gasteiger partial charge in [-0.25, -0.2) is 18.5 Å². The van der Waals surface area contributed by atoms with Gasteiger partial charge in [0, 0.05) is 28.6 Å². The zero-order valence-corrected chi connectivity index (χ0v) is 24.6. The standard InChI is InChI=1S/C33H31N5O4S/c1-3-21-42-30-17-13-25(14-18-30)32-27(23-38(36-32)29-7-5-4-6-8-29)22-34-35-33(39)26-11-15-28(16-12-26)37-43(40,41)31-19-9-24(2)10-20-31/h4-20,22-23,37H,3,21H2,1-2H3,(H,35,39)/b34-22-. The van der Waals surface area contributed by atoms with E-state index >= 15 is 0 Å². The summed E-state index contributed by atoms with van der Waals surface area (Å²) >= 11 is 0. The molecule has 218 valence electrons. The summed E-state index contributed by atoms with van der Waals surface area (Å²) in [6, 6.07) is 30.1. The summed E-state index contributed by atoms with van der Waals surface area (Å²) < 4.78 is 35.3. The number of aromatic nitrogens is 2. The van der Waals surface area contributed by atoms with Crippen molar-refractivity contribution in [2.45, 2.75) is 25.2 Å². The van der Waals surface area contributed by atoms with Crippen LogP contribution in [0.25, 0.3) is 16.9 Å². The normalized spacial score (nSPS) is 11.4. The first-order chi connectivity index (χ1) is 20.8. The second-order valence-electron chi connectivity index (χ2n) is 9.78. The fraction of sp³-hybridized carbons (Fsp3) is 0.121. The van der Waals surface area contributed by atoms with Gasteiger partial charge < -0.3 is 4.74 Å². The lowest BCUT2D eigenvalue weighted by atomic mass is 10.1. The van der Waals surface area contributed by atoms with E-state index in [9.17, 15) is 13.2 Å². The summed E-state index contributed by atoms with van der Waals surface area (Å²) in [5.41, 5.74) is 7.30. The minimum Gasteiger partial charge on any atom is -0.494 e. The minimum atomic E-state index is -3.75. The van der Waals surface area contributed by atoms with Crippen LogP contribution in [0.4, 0.5) is 5.69 Å². The summed E-state index contributed by atoms with van der Waals surface area (Å²) in [4.78, 5) is 12.9. The van der Waals surface area contributed by atoms with E-state index in [1.54, 1.807) is 35.2 Å². The number of hydrogen-bond acceptors (Lipinski definition) is 6. The van der Waals surface area contributed by atoms with Crippen molar-refractivity contribution < 1.29 is 17.9 Å². The van der Waals surface area contributed by atoms with E-state index in [0.29, 0.717) is 29.1 Å². The number of ether oxygens (including phenoxy) is 1. The van der Waals surface area contributed by atoms with Crippen LogP contribution in [0.3, 0.4) is 0 Å². The van der Waals surface area contributed by atoms with Crippen LogP contribution in [0.15, 0.2) is 119 Å². The van der Waals surface area contributed by atoms with Crippen molar-refractivity contribution in [1.82, 2.24) is 15.2 Å². The fourth-order valence-corrected chi connectivity index (χ4v) is 5.25. The Morgan fingerprint density at radius 1 is 0.930 bits per heavy atom. The van der Waals surface area contributed by atoms with Crippen molar-refractivity contribution in [2.24, 2.45) is 5.10 Å². The number of nitrogens with zero attached hydrogens (tertiary/aromatic N) is 3. The highest BCUT2D eigenvalue weighted by Gasteiger charge is 2.15. The smallest absolute Gasteiger partial charge is 0.271 e. The molecule has 0 aliphatic rings. The molecule has 5 aromatic rings. The lowest BCUT2D eigenvalue weighted by molar-refractivity contribution is 0.0955. The van der Waals surface area contributed by atoms with Crippen LogP contribution in [0.5, 0.6) is 5.75 Å². The Kier molecular flexibility index (Phi) is 8.97. The van der Waals surface area contributed by atoms with Gasteiger partial charge in [0.1, 0.15) is 11.4 Å². The van der Waals surface area contributed by atoms with Gasteiger partial charge in [-0.05, 0) is 86.1 Å². The number of hydrogen-bond donors (Lipinski definition) is 2. The molecular formula is C33H31N5O4S. The quantitative estimate of drug-likeness (QED) is 0.140. The minimum absolute atomic E-state index is 0.157. The van der Waals surface area contributed by atoms with E-state index in [0.717, 1.165) is 29.0 Å². The Hall–Kier alpha value is -5.22. The van der Waals surface area contributed by atoms with Crippen LogP contribution in [0.1, 0.15) is 34.8 Å². The van der Waals surface area contributed by atoms with Gasteiger partial charge in [0.15, 0.2) is 0 Å². The second kappa shape index (κ2) is 13.2. The monoisotopic (exact) mass is 593 g/mol. The maximum atomic E-state index is 12.8. The first-order valence-electron chi connectivity index (χ1n) is 13.7. The number of benzene rings is 4. The van der Waals surface area contributed by atoms with Crippen LogP contribution in [0.2, 0.25) is 0 Å². The molecule has 0 bridgehead atoms. The van der Waals surface area contributed by atoms with Crippen LogP contribution >= 0.6 is 0 Å². The topological polar surface area (TPSA) is 115 Å². The van der Waals surface area contributed by atoms with Crippen molar-refractivity contribution in [2.75, 3.05) is 11.3 Å². The van der Waals surface area contributed by atoms with Crippen LogP contribution < -0.4 is 14.9 Å². The molecule has 1 heterocycles. The maximum absolute atomic E-state index is 12.8. The molecule has 0 fully saturated rings. The molecule has 0 saturated carbocycles. The molecule has 10 heteroatoms. The lowest BCUT2D eigenvalue weighted by Gasteiger charge is -2.09. The first kappa shape index (κ1) is 29.3. The molecule has 4 aromatic carbocycles. The molecule has 1 amide bonds. The third-order valence-corrected chi connectivity index (χ3v) is 7.86. The number of rotatable bonds is 11. The maximum Gasteiger partial charge on any atom is 0.271 e. The van der Waals surface area contributed by atoms with Crippen molar-refractivity contribution in [3.05, 3.63) is 126 Å². The van der Waals surface area contributed by atoms with Gasteiger partial charge in [-0.1, -0.05) is 42.8 Å². The number of carbonyl (C=O) groups excluding carboxylic acids is 1. The zero-order valence-electron chi connectivity index (χ0n) is 23.8. The number of para-hydroxylation sites is 1. The van der Waals surface area contributed by atoms with Crippen LogP contribution in [-0.2, 0) is 10.0 Å². The summed E-state index contributed by atoms with van der Waals surface area (Å²) in [5.74, 6) is 0.336.